The van der Waals surface area contributed by atoms with E-state index in [9.17, 15) is 19.7 Å². The number of carbonyl (C=O) groups is 2. The zero-order valence-corrected chi connectivity index (χ0v) is 16.3. The summed E-state index contributed by atoms with van der Waals surface area (Å²) in [5.41, 5.74) is 0.869. The van der Waals surface area contributed by atoms with Crippen LogP contribution in [0.25, 0.3) is 0 Å². The summed E-state index contributed by atoms with van der Waals surface area (Å²) in [4.78, 5) is 43.2. The molecule has 4 rings (SSSR count). The van der Waals surface area contributed by atoms with Gasteiger partial charge in [-0.1, -0.05) is 17.3 Å². The third kappa shape index (κ3) is 2.68. The molecule has 2 amide bonds. The summed E-state index contributed by atoms with van der Waals surface area (Å²) in [5, 5.41) is 15.2. The Morgan fingerprint density at radius 1 is 1.10 bits per heavy atom. The average Bonchev–Trinajstić information content (AvgIpc) is 3.27. The van der Waals surface area contributed by atoms with Gasteiger partial charge in [-0.05, 0) is 25.1 Å². The van der Waals surface area contributed by atoms with E-state index in [1.54, 1.807) is 18.2 Å². The molecular formula is C20H17N3O7. The van der Waals surface area contributed by atoms with Crippen LogP contribution in [0.2, 0.25) is 0 Å². The summed E-state index contributed by atoms with van der Waals surface area (Å²) in [6.07, 6.45) is -1.15. The first-order valence-electron chi connectivity index (χ1n) is 8.97. The van der Waals surface area contributed by atoms with Crippen molar-refractivity contribution in [3.63, 3.8) is 0 Å². The Balaban J connectivity index is 1.77. The van der Waals surface area contributed by atoms with Crippen LogP contribution in [0.15, 0.2) is 41.6 Å². The maximum Gasteiger partial charge on any atom is 0.278 e. The van der Waals surface area contributed by atoms with Crippen molar-refractivity contribution in [3.05, 3.63) is 57.6 Å². The molecule has 0 aromatic heterocycles. The van der Waals surface area contributed by atoms with Crippen molar-refractivity contribution >= 4 is 28.9 Å². The fourth-order valence-electron chi connectivity index (χ4n) is 3.78. The second-order valence-corrected chi connectivity index (χ2v) is 6.71. The van der Waals surface area contributed by atoms with Crippen LogP contribution in [0.1, 0.15) is 11.1 Å². The second kappa shape index (κ2) is 7.14. The highest BCUT2D eigenvalue weighted by Gasteiger charge is 2.57. The fraction of sp³-hybridized carbons (Fsp3) is 0.250. The van der Waals surface area contributed by atoms with Crippen LogP contribution < -0.4 is 14.4 Å². The second-order valence-electron chi connectivity index (χ2n) is 6.71. The molecule has 1 saturated heterocycles. The van der Waals surface area contributed by atoms with Gasteiger partial charge in [0.05, 0.1) is 30.4 Å². The number of methoxy groups -OCH3 is 2. The van der Waals surface area contributed by atoms with E-state index in [2.05, 4.69) is 5.16 Å². The molecule has 2 unspecified atom stereocenters. The van der Waals surface area contributed by atoms with Gasteiger partial charge in [0.2, 0.25) is 12.0 Å². The number of anilines is 1. The number of nitro benzene ring substituents is 1. The van der Waals surface area contributed by atoms with Crippen LogP contribution in [0.3, 0.4) is 0 Å². The fourth-order valence-corrected chi connectivity index (χ4v) is 3.78. The van der Waals surface area contributed by atoms with Crippen molar-refractivity contribution in [2.75, 3.05) is 19.1 Å². The Labute approximate surface area is 170 Å². The molecule has 2 aliphatic heterocycles. The Morgan fingerprint density at radius 2 is 1.83 bits per heavy atom. The molecule has 30 heavy (non-hydrogen) atoms. The topological polar surface area (TPSA) is 121 Å². The van der Waals surface area contributed by atoms with Gasteiger partial charge in [0.15, 0.2) is 11.5 Å². The van der Waals surface area contributed by atoms with Crippen LogP contribution in [-0.2, 0) is 14.4 Å². The molecule has 0 aliphatic carbocycles. The number of nitro groups is 1. The minimum absolute atomic E-state index is 0.147. The van der Waals surface area contributed by atoms with Gasteiger partial charge < -0.3 is 14.3 Å². The molecule has 2 aliphatic rings. The highest BCUT2D eigenvalue weighted by molar-refractivity contribution is 6.33. The summed E-state index contributed by atoms with van der Waals surface area (Å²) in [6.45, 7) is 1.49. The third-order valence-corrected chi connectivity index (χ3v) is 5.21. The van der Waals surface area contributed by atoms with E-state index in [1.165, 1.54) is 39.3 Å². The van der Waals surface area contributed by atoms with Crippen LogP contribution in [0.5, 0.6) is 11.5 Å². The number of rotatable bonds is 5. The molecule has 10 nitrogen and oxygen atoms in total. The Bertz CT molecular complexity index is 1110. The first-order valence-corrected chi connectivity index (χ1v) is 8.97. The maximum atomic E-state index is 13.3. The average molecular weight is 411 g/mol. The lowest BCUT2D eigenvalue weighted by molar-refractivity contribution is -0.385. The van der Waals surface area contributed by atoms with Gasteiger partial charge in [0.25, 0.3) is 11.6 Å². The van der Waals surface area contributed by atoms with Crippen molar-refractivity contribution in [2.24, 2.45) is 11.1 Å². The van der Waals surface area contributed by atoms with Crippen molar-refractivity contribution in [1.29, 1.82) is 0 Å². The molecule has 2 atom stereocenters. The number of fused-ring (bicyclic) bond motifs is 1. The molecule has 2 aromatic rings. The van der Waals surface area contributed by atoms with Crippen molar-refractivity contribution in [1.82, 2.24) is 0 Å². The molecule has 0 radical (unpaired) electrons. The van der Waals surface area contributed by atoms with Crippen LogP contribution in [0, 0.1) is 23.0 Å². The number of amides is 2. The van der Waals surface area contributed by atoms with Gasteiger partial charge in [-0.25, -0.2) is 4.90 Å². The first kappa shape index (κ1) is 19.4. The molecule has 154 valence electrons. The number of imide groups is 1. The van der Waals surface area contributed by atoms with E-state index in [4.69, 9.17) is 14.3 Å². The smallest absolute Gasteiger partial charge is 0.278 e. The van der Waals surface area contributed by atoms with E-state index >= 15 is 0 Å². The number of hydrogen-bond acceptors (Lipinski definition) is 8. The number of oxime groups is 1. The quantitative estimate of drug-likeness (QED) is 0.420. The van der Waals surface area contributed by atoms with E-state index in [0.717, 1.165) is 4.90 Å². The normalized spacial score (nSPS) is 20.0. The van der Waals surface area contributed by atoms with Gasteiger partial charge >= 0.3 is 0 Å². The number of hydrogen-bond donors (Lipinski definition) is 0. The predicted octanol–water partition coefficient (Wildman–Crippen LogP) is 2.21. The number of carbonyl (C=O) groups excluding carboxylic acids is 2. The lowest BCUT2D eigenvalue weighted by Crippen LogP contribution is -2.33. The van der Waals surface area contributed by atoms with Crippen LogP contribution >= 0.6 is 0 Å². The number of benzene rings is 2. The minimum atomic E-state index is -1.15. The van der Waals surface area contributed by atoms with Crippen molar-refractivity contribution in [2.45, 2.75) is 13.0 Å². The molecule has 0 saturated carbocycles. The molecule has 0 spiro atoms. The molecule has 0 bridgehead atoms. The van der Waals surface area contributed by atoms with Gasteiger partial charge in [0, 0.05) is 11.6 Å². The summed E-state index contributed by atoms with van der Waals surface area (Å²) >= 11 is 0. The van der Waals surface area contributed by atoms with Crippen LogP contribution in [0.4, 0.5) is 11.4 Å². The Hall–Kier alpha value is -3.95. The van der Waals surface area contributed by atoms with Crippen LogP contribution in [-0.4, -0.2) is 42.8 Å². The molecule has 10 heteroatoms. The van der Waals surface area contributed by atoms with Gasteiger partial charge in [-0.3, -0.25) is 19.7 Å². The highest BCUT2D eigenvalue weighted by atomic mass is 16.7. The van der Waals surface area contributed by atoms with Crippen molar-refractivity contribution in [3.8, 4) is 11.5 Å². The van der Waals surface area contributed by atoms with Gasteiger partial charge in [-0.15, -0.1) is 0 Å². The van der Waals surface area contributed by atoms with Gasteiger partial charge in [-0.2, -0.15) is 0 Å². The van der Waals surface area contributed by atoms with E-state index in [0.29, 0.717) is 17.1 Å². The molecule has 1 fully saturated rings. The molecule has 2 aromatic carbocycles. The molecule has 2 heterocycles. The Kier molecular flexibility index (Phi) is 4.61. The van der Waals surface area contributed by atoms with E-state index in [-0.39, 0.29) is 22.6 Å². The predicted molar refractivity (Wildman–Crippen MR) is 105 cm³/mol. The Morgan fingerprint density at radius 3 is 2.50 bits per heavy atom. The standard InChI is InChI=1S/C20H17N3O7/c1-10-12(7-5-8-13(10)23(26)27)22-19(24)15-16(21-30-18(15)20(22)25)11-6-4-9-14(28-2)17(11)29-3/h4-9,15,18H,1-3H3. The number of ether oxygens (including phenoxy) is 2. The lowest BCUT2D eigenvalue weighted by atomic mass is 9.93. The zero-order chi connectivity index (χ0) is 21.6. The molecular weight excluding hydrogens is 394 g/mol. The lowest BCUT2D eigenvalue weighted by Gasteiger charge is -2.18. The summed E-state index contributed by atoms with van der Waals surface area (Å²) in [6, 6.07) is 9.31. The zero-order valence-electron chi connectivity index (χ0n) is 16.3. The SMILES string of the molecule is COc1cccc(C2=NOC3C(=O)N(c4cccc([N+](=O)[O-])c4C)C(=O)C23)c1OC. The maximum absolute atomic E-state index is 13.3. The minimum Gasteiger partial charge on any atom is -0.493 e. The number of nitrogens with zero attached hydrogens (tertiary/aromatic N) is 3. The first-order chi connectivity index (χ1) is 14.4. The van der Waals surface area contributed by atoms with Crippen molar-refractivity contribution < 1.29 is 28.8 Å². The van der Waals surface area contributed by atoms with E-state index < -0.39 is 28.8 Å². The third-order valence-electron chi connectivity index (χ3n) is 5.21. The van der Waals surface area contributed by atoms with E-state index in [1.807, 2.05) is 0 Å². The summed E-state index contributed by atoms with van der Waals surface area (Å²) in [5.74, 6) is -1.42. The summed E-state index contributed by atoms with van der Waals surface area (Å²) in [7, 11) is 2.93. The highest BCUT2D eigenvalue weighted by Crippen LogP contribution is 2.41. The largest absolute Gasteiger partial charge is 0.493 e. The monoisotopic (exact) mass is 411 g/mol. The molecule has 0 N–H and O–H groups in total. The van der Waals surface area contributed by atoms with Gasteiger partial charge in [0.1, 0.15) is 11.6 Å². The number of para-hydroxylation sites is 1. The summed E-state index contributed by atoms with van der Waals surface area (Å²) < 4.78 is 10.7.